The first-order chi connectivity index (χ1) is 8.49. The van der Waals surface area contributed by atoms with Gasteiger partial charge in [0.25, 0.3) is 0 Å². The van der Waals surface area contributed by atoms with Gasteiger partial charge in [0.1, 0.15) is 0 Å². The van der Waals surface area contributed by atoms with E-state index in [1.165, 1.54) is 0 Å². The first-order valence-corrected chi connectivity index (χ1v) is 6.37. The highest BCUT2D eigenvalue weighted by Crippen LogP contribution is 2.10. The van der Waals surface area contributed by atoms with Gasteiger partial charge >= 0.3 is 6.01 Å². The van der Waals surface area contributed by atoms with Crippen LogP contribution in [0.4, 0.5) is 6.01 Å². The Morgan fingerprint density at radius 3 is 2.61 bits per heavy atom. The predicted molar refractivity (Wildman–Crippen MR) is 70.6 cm³/mol. The molecule has 0 aliphatic rings. The normalized spacial score (nSPS) is 11.5. The average molecular weight is 256 g/mol. The number of hydrogen-bond donors (Lipinski definition) is 1. The fraction of sp³-hybridized carbons (Fsp3) is 0.833. The summed E-state index contributed by atoms with van der Waals surface area (Å²) in [4.78, 5) is 1.90. The lowest BCUT2D eigenvalue weighted by Crippen LogP contribution is -2.24. The standard InChI is InChI=1S/C12H24N4O2/c1-9(2)13-8-11-14-15-12(18-11)16(5)6-7-17-10(3)4/h9-10,13H,6-8H2,1-5H3. The molecule has 1 N–H and O–H groups in total. The highest BCUT2D eigenvalue weighted by molar-refractivity contribution is 5.21. The third-order valence-electron chi connectivity index (χ3n) is 2.32. The molecule has 0 amide bonds. The van der Waals surface area contributed by atoms with Crippen molar-refractivity contribution in [3.05, 3.63) is 5.89 Å². The van der Waals surface area contributed by atoms with E-state index in [2.05, 4.69) is 29.4 Å². The van der Waals surface area contributed by atoms with E-state index in [9.17, 15) is 0 Å². The molecule has 104 valence electrons. The van der Waals surface area contributed by atoms with Crippen LogP contribution >= 0.6 is 0 Å². The molecule has 1 heterocycles. The molecule has 0 bridgehead atoms. The molecule has 0 aliphatic carbocycles. The second-order valence-electron chi connectivity index (χ2n) is 4.86. The molecule has 0 aromatic carbocycles. The minimum Gasteiger partial charge on any atom is -0.407 e. The van der Waals surface area contributed by atoms with E-state index in [1.54, 1.807) is 0 Å². The van der Waals surface area contributed by atoms with Crippen molar-refractivity contribution in [2.24, 2.45) is 0 Å². The van der Waals surface area contributed by atoms with Crippen LogP contribution in [0.2, 0.25) is 0 Å². The zero-order chi connectivity index (χ0) is 13.5. The van der Waals surface area contributed by atoms with Gasteiger partial charge in [-0.1, -0.05) is 18.9 Å². The summed E-state index contributed by atoms with van der Waals surface area (Å²) in [5.74, 6) is 0.607. The molecule has 0 atom stereocenters. The maximum Gasteiger partial charge on any atom is 0.318 e. The van der Waals surface area contributed by atoms with E-state index in [0.29, 0.717) is 31.1 Å². The van der Waals surface area contributed by atoms with Crippen molar-refractivity contribution in [2.75, 3.05) is 25.1 Å². The fourth-order valence-corrected chi connectivity index (χ4v) is 1.28. The topological polar surface area (TPSA) is 63.4 Å². The average Bonchev–Trinajstić information content (AvgIpc) is 2.74. The lowest BCUT2D eigenvalue weighted by molar-refractivity contribution is 0.0841. The van der Waals surface area contributed by atoms with Crippen molar-refractivity contribution in [1.82, 2.24) is 15.5 Å². The summed E-state index contributed by atoms with van der Waals surface area (Å²) in [6.45, 7) is 10.2. The smallest absolute Gasteiger partial charge is 0.318 e. The van der Waals surface area contributed by atoms with Crippen molar-refractivity contribution in [3.8, 4) is 0 Å². The summed E-state index contributed by atoms with van der Waals surface area (Å²) in [6.07, 6.45) is 0.242. The molecular weight excluding hydrogens is 232 g/mol. The molecule has 0 radical (unpaired) electrons. The lowest BCUT2D eigenvalue weighted by Gasteiger charge is -2.15. The SMILES string of the molecule is CC(C)NCc1nnc(N(C)CCOC(C)C)o1. The van der Waals surface area contributed by atoms with E-state index in [0.717, 1.165) is 6.54 Å². The van der Waals surface area contributed by atoms with Crippen LogP contribution in [0.25, 0.3) is 0 Å². The minimum absolute atomic E-state index is 0.242. The van der Waals surface area contributed by atoms with Crippen LogP contribution in [0, 0.1) is 0 Å². The lowest BCUT2D eigenvalue weighted by atomic mass is 10.4. The number of likely N-dealkylation sites (N-methyl/N-ethyl adjacent to an activating group) is 1. The summed E-state index contributed by atoms with van der Waals surface area (Å²) in [5, 5.41) is 11.2. The number of ether oxygens (including phenoxy) is 1. The van der Waals surface area contributed by atoms with Crippen molar-refractivity contribution < 1.29 is 9.15 Å². The second-order valence-corrected chi connectivity index (χ2v) is 4.86. The fourth-order valence-electron chi connectivity index (χ4n) is 1.28. The first kappa shape index (κ1) is 14.9. The van der Waals surface area contributed by atoms with E-state index in [4.69, 9.17) is 9.15 Å². The molecule has 18 heavy (non-hydrogen) atoms. The van der Waals surface area contributed by atoms with Gasteiger partial charge in [0.2, 0.25) is 5.89 Å². The monoisotopic (exact) mass is 256 g/mol. The largest absolute Gasteiger partial charge is 0.407 e. The van der Waals surface area contributed by atoms with E-state index < -0.39 is 0 Å². The Labute approximate surface area is 109 Å². The Morgan fingerprint density at radius 1 is 1.28 bits per heavy atom. The van der Waals surface area contributed by atoms with Crippen molar-refractivity contribution in [3.63, 3.8) is 0 Å². The number of rotatable bonds is 8. The number of nitrogens with zero attached hydrogens (tertiary/aromatic N) is 3. The third-order valence-corrected chi connectivity index (χ3v) is 2.32. The molecule has 0 spiro atoms. The van der Waals surface area contributed by atoms with Gasteiger partial charge in [-0.3, -0.25) is 0 Å². The van der Waals surface area contributed by atoms with Crippen molar-refractivity contribution >= 4 is 6.01 Å². The summed E-state index contributed by atoms with van der Waals surface area (Å²) in [5.41, 5.74) is 0. The molecule has 0 saturated carbocycles. The molecule has 0 unspecified atom stereocenters. The summed E-state index contributed by atoms with van der Waals surface area (Å²) in [7, 11) is 1.91. The van der Waals surface area contributed by atoms with Crippen molar-refractivity contribution in [2.45, 2.75) is 46.4 Å². The second kappa shape index (κ2) is 7.33. The van der Waals surface area contributed by atoms with Gasteiger partial charge in [-0.05, 0) is 13.8 Å². The van der Waals surface area contributed by atoms with Gasteiger partial charge in [0.05, 0.1) is 19.3 Å². The Bertz CT molecular complexity index is 339. The Hall–Kier alpha value is -1.14. The number of anilines is 1. The van der Waals surface area contributed by atoms with Crippen LogP contribution < -0.4 is 10.2 Å². The number of aromatic nitrogens is 2. The van der Waals surface area contributed by atoms with E-state index in [-0.39, 0.29) is 6.10 Å². The summed E-state index contributed by atoms with van der Waals surface area (Å²) in [6, 6.07) is 0.931. The van der Waals surface area contributed by atoms with Crippen LogP contribution in [-0.2, 0) is 11.3 Å². The summed E-state index contributed by atoms with van der Waals surface area (Å²) >= 11 is 0. The third kappa shape index (κ3) is 5.46. The van der Waals surface area contributed by atoms with Gasteiger partial charge in [-0.2, -0.15) is 0 Å². The molecule has 1 aromatic rings. The molecule has 1 aromatic heterocycles. The molecule has 6 heteroatoms. The minimum atomic E-state index is 0.242. The molecule has 1 rings (SSSR count). The van der Waals surface area contributed by atoms with Crippen molar-refractivity contribution in [1.29, 1.82) is 0 Å². The number of nitrogens with one attached hydrogen (secondary N) is 1. The highest BCUT2D eigenvalue weighted by Gasteiger charge is 2.10. The van der Waals surface area contributed by atoms with Crippen LogP contribution in [0.3, 0.4) is 0 Å². The first-order valence-electron chi connectivity index (χ1n) is 6.37. The van der Waals surface area contributed by atoms with Crippen LogP contribution in [0.15, 0.2) is 4.42 Å². The van der Waals surface area contributed by atoms with Crippen LogP contribution in [-0.4, -0.2) is 42.5 Å². The van der Waals surface area contributed by atoms with Gasteiger partial charge in [-0.15, -0.1) is 5.10 Å². The Balaban J connectivity index is 2.36. The Kier molecular flexibility index (Phi) is 6.07. The zero-order valence-corrected chi connectivity index (χ0v) is 11.9. The van der Waals surface area contributed by atoms with Gasteiger partial charge in [0.15, 0.2) is 0 Å². The molecule has 0 fully saturated rings. The quantitative estimate of drug-likeness (QED) is 0.759. The molecule has 6 nitrogen and oxygen atoms in total. The number of hydrogen-bond acceptors (Lipinski definition) is 6. The van der Waals surface area contributed by atoms with Gasteiger partial charge in [-0.25, -0.2) is 0 Å². The highest BCUT2D eigenvalue weighted by atomic mass is 16.5. The van der Waals surface area contributed by atoms with Crippen LogP contribution in [0.1, 0.15) is 33.6 Å². The Morgan fingerprint density at radius 2 is 2.00 bits per heavy atom. The van der Waals surface area contributed by atoms with Gasteiger partial charge < -0.3 is 19.4 Å². The van der Waals surface area contributed by atoms with Crippen LogP contribution in [0.5, 0.6) is 0 Å². The molecule has 0 aliphatic heterocycles. The molecular formula is C12H24N4O2. The maximum atomic E-state index is 5.54. The van der Waals surface area contributed by atoms with Gasteiger partial charge in [0, 0.05) is 19.6 Å². The van der Waals surface area contributed by atoms with E-state index in [1.807, 2.05) is 25.8 Å². The predicted octanol–water partition coefficient (Wildman–Crippen LogP) is 1.43. The van der Waals surface area contributed by atoms with E-state index >= 15 is 0 Å². The summed E-state index contributed by atoms with van der Waals surface area (Å²) < 4.78 is 11.0. The zero-order valence-electron chi connectivity index (χ0n) is 11.9. The maximum absolute atomic E-state index is 5.54. The molecule has 0 saturated heterocycles.